The highest BCUT2D eigenvalue weighted by Gasteiger charge is 2.85. The number of nitrogens with one attached hydrogen (secondary N) is 1. The SMILES string of the molecule is CC(=O)O[C@]12COC1CC(O)C13OC1C(O)C1C(C)[C@H](OC(=O)[C@@H](OC(=O)C4CCC(=O)C4)C(NC(=O)OC(C)(C)C)c4ccccc4)CC(O)([C@H](OC(O)c4ccccc4)[C@H]32)C1(C)C. The van der Waals surface area contributed by atoms with Crippen molar-refractivity contribution in [3.8, 4) is 0 Å². The van der Waals surface area contributed by atoms with Gasteiger partial charge in [0.15, 0.2) is 11.9 Å². The third kappa shape index (κ3) is 8.14. The van der Waals surface area contributed by atoms with Gasteiger partial charge in [-0.2, -0.15) is 0 Å². The van der Waals surface area contributed by atoms with Crippen LogP contribution in [0.1, 0.15) is 104 Å². The second-order valence-electron chi connectivity index (χ2n) is 20.4. The van der Waals surface area contributed by atoms with E-state index in [0.717, 1.165) is 0 Å². The van der Waals surface area contributed by atoms with Crippen LogP contribution in [-0.2, 0) is 52.3 Å². The molecular formula is C48H61NO16. The summed E-state index contributed by atoms with van der Waals surface area (Å²) in [7, 11) is 0. The fourth-order valence-electron chi connectivity index (χ4n) is 11.8. The Kier molecular flexibility index (Phi) is 12.3. The van der Waals surface area contributed by atoms with Crippen LogP contribution in [0.2, 0.25) is 0 Å². The molecule has 6 aliphatic rings. The number of hydrogen-bond acceptors (Lipinski definition) is 16. The number of Topliss-reactive ketones (excluding diaryl/α,β-unsaturated/α-hetero) is 1. The average Bonchev–Trinajstić information content (AvgIpc) is 3.83. The number of carbonyl (C=O) groups excluding carboxylic acids is 5. The Morgan fingerprint density at radius 3 is 2.18 bits per heavy atom. The molecule has 5 N–H and O–H groups in total. The number of ether oxygens (including phenoxy) is 7. The largest absolute Gasteiger partial charge is 0.459 e. The standard InChI is InChI=1S/C48H61NO16/c1-24-30(60-42(56)36(61-41(55)28-18-19-29(51)20-28)34(26-14-10-8-11-15-26)49-43(57)65-44(3,4)5)22-47(58)39(62-40(54)27-16-12-9-13-17-27)37-46(63-25(2)50)23-59-32(46)21-31(52)48(37)38(64-48)35(53)33(24)45(47,6)7/h8-17,24,28,30-40,52-54,58H,18-23H2,1-7H3,(H,49,57)/t24?,28?,30-,31?,32?,33?,34?,35?,36+,37+,38?,39-,40?,46-,47?,48?/m1/s1. The van der Waals surface area contributed by atoms with E-state index in [0.29, 0.717) is 11.1 Å². The van der Waals surface area contributed by atoms with Crippen molar-refractivity contribution in [2.24, 2.45) is 29.1 Å². The van der Waals surface area contributed by atoms with Gasteiger partial charge in [-0.25, -0.2) is 9.59 Å². The predicted molar refractivity (Wildman–Crippen MR) is 225 cm³/mol. The van der Waals surface area contributed by atoms with Gasteiger partial charge in [0, 0.05) is 49.5 Å². The smallest absolute Gasteiger partial charge is 0.408 e. The Morgan fingerprint density at radius 1 is 0.969 bits per heavy atom. The lowest BCUT2D eigenvalue weighted by Gasteiger charge is -2.66. The number of alkyl carbamates (subject to hydrolysis) is 1. The van der Waals surface area contributed by atoms with Crippen molar-refractivity contribution < 1.29 is 77.6 Å². The molecule has 0 aromatic heterocycles. The van der Waals surface area contributed by atoms with Crippen LogP contribution in [0.4, 0.5) is 4.79 Å². The van der Waals surface area contributed by atoms with Gasteiger partial charge in [-0.1, -0.05) is 81.4 Å². The van der Waals surface area contributed by atoms with Crippen molar-refractivity contribution in [1.82, 2.24) is 5.32 Å². The highest BCUT2D eigenvalue weighted by atomic mass is 16.7. The monoisotopic (exact) mass is 907 g/mol. The number of ketones is 1. The molecule has 16 atom stereocenters. The lowest BCUT2D eigenvalue weighted by molar-refractivity contribution is -0.363. The molecule has 1 amide bonds. The van der Waals surface area contributed by atoms with Crippen LogP contribution in [-0.4, -0.2) is 122 Å². The first-order valence-electron chi connectivity index (χ1n) is 22.5. The summed E-state index contributed by atoms with van der Waals surface area (Å²) in [5.74, 6) is -6.65. The maximum Gasteiger partial charge on any atom is 0.408 e. The summed E-state index contributed by atoms with van der Waals surface area (Å²) in [6.07, 6.45) is -12.2. The molecule has 6 fully saturated rings. The van der Waals surface area contributed by atoms with Gasteiger partial charge >= 0.3 is 24.0 Å². The Balaban J connectivity index is 1.22. The first-order valence-corrected chi connectivity index (χ1v) is 22.5. The molecule has 2 aromatic carbocycles. The van der Waals surface area contributed by atoms with Crippen LogP contribution in [0.5, 0.6) is 0 Å². The molecule has 11 unspecified atom stereocenters. The Bertz CT molecular complexity index is 2150. The fourth-order valence-corrected chi connectivity index (χ4v) is 11.8. The van der Waals surface area contributed by atoms with Crippen molar-refractivity contribution in [3.63, 3.8) is 0 Å². The van der Waals surface area contributed by atoms with Crippen LogP contribution < -0.4 is 5.32 Å². The van der Waals surface area contributed by atoms with E-state index in [1.54, 1.807) is 102 Å². The molecule has 2 saturated heterocycles. The first kappa shape index (κ1) is 47.0. The quantitative estimate of drug-likeness (QED) is 0.0937. The predicted octanol–water partition coefficient (Wildman–Crippen LogP) is 3.53. The highest BCUT2D eigenvalue weighted by molar-refractivity contribution is 5.89. The van der Waals surface area contributed by atoms with Crippen LogP contribution in [0.15, 0.2) is 60.7 Å². The topological polar surface area (TPSA) is 246 Å². The van der Waals surface area contributed by atoms with E-state index in [9.17, 15) is 39.6 Å². The van der Waals surface area contributed by atoms with E-state index in [-0.39, 0.29) is 38.1 Å². The summed E-state index contributed by atoms with van der Waals surface area (Å²) in [5.41, 5.74) is -7.05. The van der Waals surface area contributed by atoms with Gasteiger partial charge < -0.3 is 58.9 Å². The number of fused-ring (bicyclic) bond motifs is 4. The normalized spacial score (nSPS) is 38.0. The molecule has 4 aliphatic carbocycles. The molecular weight excluding hydrogens is 847 g/mol. The minimum absolute atomic E-state index is 0.0295. The van der Waals surface area contributed by atoms with E-state index in [4.69, 9.17) is 33.2 Å². The molecule has 2 heterocycles. The summed E-state index contributed by atoms with van der Waals surface area (Å²) in [5, 5.41) is 52.9. The summed E-state index contributed by atoms with van der Waals surface area (Å²) in [6.45, 7) is 11.2. The average molecular weight is 908 g/mol. The zero-order chi connectivity index (χ0) is 47.0. The van der Waals surface area contributed by atoms with Crippen LogP contribution in [0.25, 0.3) is 0 Å². The first-order chi connectivity index (χ1) is 30.5. The fraction of sp³-hybridized carbons (Fsp3) is 0.646. The molecule has 2 aromatic rings. The number of rotatable bonds is 11. The summed E-state index contributed by atoms with van der Waals surface area (Å²) in [4.78, 5) is 67.6. The highest BCUT2D eigenvalue weighted by Crippen LogP contribution is 2.69. The third-order valence-electron chi connectivity index (χ3n) is 15.0. The maximum atomic E-state index is 15.0. The minimum atomic E-state index is -2.20. The Morgan fingerprint density at radius 2 is 1.62 bits per heavy atom. The van der Waals surface area contributed by atoms with Gasteiger partial charge in [0.2, 0.25) is 6.10 Å². The van der Waals surface area contributed by atoms with Crippen molar-refractivity contribution >= 4 is 29.8 Å². The van der Waals surface area contributed by atoms with Gasteiger partial charge in [-0.15, -0.1) is 0 Å². The molecule has 65 heavy (non-hydrogen) atoms. The maximum absolute atomic E-state index is 15.0. The number of aliphatic hydroxyl groups is 4. The van der Waals surface area contributed by atoms with Crippen LogP contribution >= 0.6 is 0 Å². The van der Waals surface area contributed by atoms with Gasteiger partial charge in [-0.3, -0.25) is 14.4 Å². The lowest BCUT2D eigenvalue weighted by Crippen LogP contribution is -2.81. The molecule has 8 rings (SSSR count). The number of epoxide rings is 1. The summed E-state index contributed by atoms with van der Waals surface area (Å²) in [6, 6.07) is 15.3. The summed E-state index contributed by atoms with van der Waals surface area (Å²) >= 11 is 0. The van der Waals surface area contributed by atoms with E-state index in [1.165, 1.54) is 6.92 Å². The molecule has 17 nitrogen and oxygen atoms in total. The number of esters is 3. The number of aliphatic hydroxyl groups excluding tert-OH is 3. The molecule has 4 saturated carbocycles. The van der Waals surface area contributed by atoms with Gasteiger partial charge in [0.05, 0.1) is 30.7 Å². The second kappa shape index (κ2) is 17.0. The molecule has 1 spiro atoms. The van der Waals surface area contributed by atoms with Crippen LogP contribution in [0, 0.1) is 29.1 Å². The second-order valence-corrected chi connectivity index (χ2v) is 20.4. The summed E-state index contributed by atoms with van der Waals surface area (Å²) < 4.78 is 43.2. The number of carbonyl (C=O) groups is 5. The zero-order valence-electron chi connectivity index (χ0n) is 37.7. The van der Waals surface area contributed by atoms with Crippen molar-refractivity contribution in [2.75, 3.05) is 6.61 Å². The van der Waals surface area contributed by atoms with Crippen molar-refractivity contribution in [1.29, 1.82) is 0 Å². The van der Waals surface area contributed by atoms with Gasteiger partial charge in [0.1, 0.15) is 53.0 Å². The Labute approximate surface area is 377 Å². The molecule has 17 heteroatoms. The Hall–Kier alpha value is -4.49. The van der Waals surface area contributed by atoms with Crippen molar-refractivity contribution in [2.45, 2.75) is 158 Å². The molecule has 0 radical (unpaired) electrons. The number of hydrogen-bond donors (Lipinski definition) is 5. The van der Waals surface area contributed by atoms with E-state index >= 15 is 4.79 Å². The van der Waals surface area contributed by atoms with Gasteiger partial charge in [-0.05, 0) is 38.7 Å². The molecule has 354 valence electrons. The number of amides is 1. The molecule has 2 bridgehead atoms. The van der Waals surface area contributed by atoms with E-state index in [2.05, 4.69) is 5.32 Å². The van der Waals surface area contributed by atoms with Crippen molar-refractivity contribution in [3.05, 3.63) is 71.8 Å². The van der Waals surface area contributed by atoms with E-state index in [1.807, 2.05) is 0 Å². The van der Waals surface area contributed by atoms with E-state index < -0.39 is 137 Å². The zero-order valence-corrected chi connectivity index (χ0v) is 37.7. The minimum Gasteiger partial charge on any atom is -0.459 e. The van der Waals surface area contributed by atoms with Crippen LogP contribution in [0.3, 0.4) is 0 Å². The number of benzene rings is 2. The molecule has 2 aliphatic heterocycles. The lowest BCUT2D eigenvalue weighted by atomic mass is 9.45. The van der Waals surface area contributed by atoms with Gasteiger partial charge in [0.25, 0.3) is 0 Å². The third-order valence-corrected chi connectivity index (χ3v) is 15.0.